The molecule has 1 unspecified atom stereocenters. The van der Waals surface area contributed by atoms with Gasteiger partial charge in [0.15, 0.2) is 0 Å². The number of rotatable bonds is 8. The van der Waals surface area contributed by atoms with Crippen molar-refractivity contribution >= 4 is 32.7 Å². The van der Waals surface area contributed by atoms with E-state index < -0.39 is 10.0 Å². The second-order valence-electron chi connectivity index (χ2n) is 4.63. The summed E-state index contributed by atoms with van der Waals surface area (Å²) < 4.78 is 27.7. The molecule has 2 rings (SSSR count). The lowest BCUT2D eigenvalue weighted by molar-refractivity contribution is 0.553. The number of sulfonamides is 1. The van der Waals surface area contributed by atoms with E-state index in [-0.39, 0.29) is 6.04 Å². The van der Waals surface area contributed by atoms with Gasteiger partial charge in [0.2, 0.25) is 10.0 Å². The molecule has 116 valence electrons. The molecule has 4 nitrogen and oxygen atoms in total. The zero-order valence-corrected chi connectivity index (χ0v) is 14.6. The van der Waals surface area contributed by atoms with Crippen molar-refractivity contribution in [3.05, 3.63) is 38.7 Å². The van der Waals surface area contributed by atoms with E-state index in [1.807, 2.05) is 31.4 Å². The number of hydrogen-bond donors (Lipinski definition) is 2. The van der Waals surface area contributed by atoms with Gasteiger partial charge in [0.25, 0.3) is 0 Å². The molecule has 0 aliphatic rings. The van der Waals surface area contributed by atoms with Gasteiger partial charge in [-0.15, -0.1) is 22.7 Å². The van der Waals surface area contributed by atoms with Crippen molar-refractivity contribution in [1.82, 2.24) is 10.0 Å². The zero-order valence-electron chi connectivity index (χ0n) is 12.1. The molecule has 2 aromatic rings. The molecule has 0 radical (unpaired) electrons. The van der Waals surface area contributed by atoms with Crippen LogP contribution in [0.4, 0.5) is 0 Å². The number of thiophene rings is 2. The average Bonchev–Trinajstić information content (AvgIpc) is 3.13. The molecular weight excluding hydrogens is 324 g/mol. The van der Waals surface area contributed by atoms with Crippen LogP contribution in [0, 0.1) is 0 Å². The zero-order chi connectivity index (χ0) is 15.3. The normalized spacial score (nSPS) is 13.4. The van der Waals surface area contributed by atoms with Crippen LogP contribution in [0.25, 0.3) is 0 Å². The highest BCUT2D eigenvalue weighted by Gasteiger charge is 2.22. The Morgan fingerprint density at radius 1 is 1.29 bits per heavy atom. The summed E-state index contributed by atoms with van der Waals surface area (Å²) in [5, 5.41) is 6.87. The first kappa shape index (κ1) is 16.6. The van der Waals surface area contributed by atoms with Gasteiger partial charge in [0.1, 0.15) is 0 Å². The summed E-state index contributed by atoms with van der Waals surface area (Å²) in [4.78, 5) is 2.43. The molecule has 0 saturated heterocycles. The van der Waals surface area contributed by atoms with Gasteiger partial charge in [-0.05, 0) is 30.5 Å². The summed E-state index contributed by atoms with van der Waals surface area (Å²) >= 11 is 3.04. The molecule has 2 aromatic heterocycles. The number of nitrogens with one attached hydrogen (secondary N) is 2. The van der Waals surface area contributed by atoms with E-state index >= 15 is 0 Å². The lowest BCUT2D eigenvalue weighted by Crippen LogP contribution is -2.27. The minimum absolute atomic E-state index is 0.160. The van der Waals surface area contributed by atoms with Gasteiger partial charge in [-0.1, -0.05) is 19.9 Å². The van der Waals surface area contributed by atoms with Crippen LogP contribution in [0.15, 0.2) is 33.9 Å². The molecule has 0 spiro atoms. The molecule has 0 saturated carbocycles. The van der Waals surface area contributed by atoms with Gasteiger partial charge in [-0.3, -0.25) is 0 Å². The Morgan fingerprint density at radius 3 is 2.71 bits per heavy atom. The molecule has 1 atom stereocenters. The van der Waals surface area contributed by atoms with Crippen molar-refractivity contribution in [2.45, 2.75) is 37.8 Å². The Balaban J connectivity index is 2.12. The first-order valence-electron chi connectivity index (χ1n) is 6.90. The molecule has 0 amide bonds. The number of hydrogen-bond acceptors (Lipinski definition) is 5. The predicted octanol–water partition coefficient (Wildman–Crippen LogP) is 3.35. The van der Waals surface area contributed by atoms with E-state index in [1.54, 1.807) is 22.8 Å². The summed E-state index contributed by atoms with van der Waals surface area (Å²) in [6, 6.07) is 5.49. The van der Waals surface area contributed by atoms with Crippen molar-refractivity contribution in [1.29, 1.82) is 0 Å². The fraction of sp³-hybridized carbons (Fsp3) is 0.429. The first-order valence-corrected chi connectivity index (χ1v) is 10.1. The highest BCUT2D eigenvalue weighted by Crippen LogP contribution is 2.25. The van der Waals surface area contributed by atoms with E-state index in [4.69, 9.17) is 0 Å². The SMILES string of the molecule is CCNCc1cc(S(=O)(=O)NC(CC)c2cccs2)cs1. The van der Waals surface area contributed by atoms with Gasteiger partial charge in [0, 0.05) is 21.7 Å². The fourth-order valence-corrected chi connectivity index (χ4v) is 5.41. The van der Waals surface area contributed by atoms with Crippen molar-refractivity contribution in [3.8, 4) is 0 Å². The monoisotopic (exact) mass is 344 g/mol. The minimum atomic E-state index is -3.46. The molecular formula is C14H20N2O2S3. The first-order chi connectivity index (χ1) is 10.1. The predicted molar refractivity (Wildman–Crippen MR) is 89.4 cm³/mol. The Kier molecular flexibility index (Phi) is 5.95. The van der Waals surface area contributed by atoms with Crippen LogP contribution in [-0.2, 0) is 16.6 Å². The van der Waals surface area contributed by atoms with Crippen molar-refractivity contribution in [2.75, 3.05) is 6.54 Å². The highest BCUT2D eigenvalue weighted by molar-refractivity contribution is 7.89. The Morgan fingerprint density at radius 2 is 2.10 bits per heavy atom. The molecule has 0 aromatic carbocycles. The lowest BCUT2D eigenvalue weighted by atomic mass is 10.2. The standard InChI is InChI=1S/C14H20N2O2S3/c1-3-13(14-6-5-7-19-14)16-21(17,18)12-8-11(20-10-12)9-15-4-2/h5-8,10,13,15-16H,3-4,9H2,1-2H3. The fourth-order valence-electron chi connectivity index (χ4n) is 1.93. The molecule has 2 heterocycles. The van der Waals surface area contributed by atoms with Gasteiger partial charge in [0.05, 0.1) is 10.9 Å². The molecule has 0 bridgehead atoms. The molecule has 7 heteroatoms. The van der Waals surface area contributed by atoms with Crippen LogP contribution in [0.3, 0.4) is 0 Å². The van der Waals surface area contributed by atoms with Crippen molar-refractivity contribution < 1.29 is 8.42 Å². The minimum Gasteiger partial charge on any atom is -0.312 e. The van der Waals surface area contributed by atoms with E-state index in [0.717, 1.165) is 22.7 Å². The van der Waals surface area contributed by atoms with E-state index in [2.05, 4.69) is 10.0 Å². The topological polar surface area (TPSA) is 58.2 Å². The molecule has 2 N–H and O–H groups in total. The molecule has 0 fully saturated rings. The van der Waals surface area contributed by atoms with E-state index in [1.165, 1.54) is 11.3 Å². The van der Waals surface area contributed by atoms with Gasteiger partial charge >= 0.3 is 0 Å². The third-order valence-corrected chi connectivity index (χ3v) is 6.60. The maximum atomic E-state index is 12.5. The smallest absolute Gasteiger partial charge is 0.241 e. The summed E-state index contributed by atoms with van der Waals surface area (Å²) in [6.45, 7) is 5.59. The maximum absolute atomic E-state index is 12.5. The third-order valence-electron chi connectivity index (χ3n) is 3.08. The van der Waals surface area contributed by atoms with E-state index in [9.17, 15) is 8.42 Å². The van der Waals surface area contributed by atoms with Crippen molar-refractivity contribution in [3.63, 3.8) is 0 Å². The summed E-state index contributed by atoms with van der Waals surface area (Å²) in [6.07, 6.45) is 0.730. The van der Waals surface area contributed by atoms with Crippen LogP contribution < -0.4 is 10.0 Å². The van der Waals surface area contributed by atoms with Crippen LogP contribution in [0.2, 0.25) is 0 Å². The molecule has 0 aliphatic carbocycles. The van der Waals surface area contributed by atoms with Gasteiger partial charge in [-0.25, -0.2) is 13.1 Å². The Hall–Kier alpha value is -0.730. The Labute approximate surface area is 134 Å². The molecule has 21 heavy (non-hydrogen) atoms. The quantitative estimate of drug-likeness (QED) is 0.772. The van der Waals surface area contributed by atoms with Crippen LogP contribution in [0.5, 0.6) is 0 Å². The van der Waals surface area contributed by atoms with Crippen LogP contribution in [0.1, 0.15) is 36.1 Å². The average molecular weight is 345 g/mol. The lowest BCUT2D eigenvalue weighted by Gasteiger charge is -2.14. The third kappa shape index (κ3) is 4.37. The van der Waals surface area contributed by atoms with E-state index in [0.29, 0.717) is 11.4 Å². The Bertz CT molecular complexity index is 648. The van der Waals surface area contributed by atoms with Crippen LogP contribution in [-0.4, -0.2) is 15.0 Å². The second-order valence-corrected chi connectivity index (χ2v) is 8.32. The largest absolute Gasteiger partial charge is 0.312 e. The van der Waals surface area contributed by atoms with Gasteiger partial charge < -0.3 is 5.32 Å². The highest BCUT2D eigenvalue weighted by atomic mass is 32.2. The van der Waals surface area contributed by atoms with Gasteiger partial charge in [-0.2, -0.15) is 0 Å². The van der Waals surface area contributed by atoms with Crippen molar-refractivity contribution in [2.24, 2.45) is 0 Å². The summed E-state index contributed by atoms with van der Waals surface area (Å²) in [5.74, 6) is 0. The summed E-state index contributed by atoms with van der Waals surface area (Å²) in [5.41, 5.74) is 0. The summed E-state index contributed by atoms with van der Waals surface area (Å²) in [7, 11) is -3.46. The van der Waals surface area contributed by atoms with Crippen LogP contribution >= 0.6 is 22.7 Å². The second kappa shape index (κ2) is 7.51. The maximum Gasteiger partial charge on any atom is 0.241 e. The molecule has 0 aliphatic heterocycles.